The predicted molar refractivity (Wildman–Crippen MR) is 159 cm³/mol. The molecule has 1 aromatic heterocycles. The number of carboxylic acids is 1. The number of hydrogen-bond acceptors (Lipinski definition) is 7. The highest BCUT2D eigenvalue weighted by Gasteiger charge is 2.20. The fraction of sp³-hybridized carbons (Fsp3) is 0.516. The first-order valence-corrected chi connectivity index (χ1v) is 15.3. The molecule has 1 aliphatic rings. The Morgan fingerprint density at radius 2 is 1.65 bits per heavy atom. The average molecular weight is 567 g/mol. The number of carbonyl (C=O) groups is 3. The summed E-state index contributed by atoms with van der Waals surface area (Å²) in [5.41, 5.74) is 3.43. The molecule has 9 heteroatoms. The highest BCUT2D eigenvalue weighted by Crippen LogP contribution is 2.24. The zero-order chi connectivity index (χ0) is 28.6. The lowest BCUT2D eigenvalue weighted by molar-refractivity contribution is -0.138. The van der Waals surface area contributed by atoms with Gasteiger partial charge in [0, 0.05) is 42.6 Å². The summed E-state index contributed by atoms with van der Waals surface area (Å²) in [6.45, 7) is 3.55. The smallest absolute Gasteiger partial charge is 0.317 e. The van der Waals surface area contributed by atoms with Crippen LogP contribution in [0, 0.1) is 0 Å². The molecule has 0 spiro atoms. The molecule has 1 aliphatic carbocycles. The van der Waals surface area contributed by atoms with Crippen LogP contribution in [0.2, 0.25) is 0 Å². The van der Waals surface area contributed by atoms with Crippen molar-refractivity contribution in [3.8, 4) is 0 Å². The van der Waals surface area contributed by atoms with E-state index in [1.807, 2.05) is 18.2 Å². The second-order valence-corrected chi connectivity index (χ2v) is 11.0. The van der Waals surface area contributed by atoms with Crippen LogP contribution in [0.1, 0.15) is 99.2 Å². The van der Waals surface area contributed by atoms with E-state index in [4.69, 9.17) is 0 Å². The van der Waals surface area contributed by atoms with E-state index in [1.165, 1.54) is 62.9 Å². The lowest BCUT2D eigenvalue weighted by Crippen LogP contribution is -2.31. The molecule has 8 nitrogen and oxygen atoms in total. The van der Waals surface area contributed by atoms with Gasteiger partial charge >= 0.3 is 5.97 Å². The Bertz CT molecular complexity index is 1140. The molecule has 0 unspecified atom stereocenters. The summed E-state index contributed by atoms with van der Waals surface area (Å²) in [6, 6.07) is 7.30. The predicted octanol–water partition coefficient (Wildman–Crippen LogP) is 6.06. The summed E-state index contributed by atoms with van der Waals surface area (Å²) in [7, 11) is 0. The Labute approximate surface area is 241 Å². The van der Waals surface area contributed by atoms with Crippen LogP contribution in [0.25, 0.3) is 5.57 Å². The number of aromatic nitrogens is 2. The van der Waals surface area contributed by atoms with Gasteiger partial charge in [-0.2, -0.15) is 0 Å². The number of hydrogen-bond donors (Lipinski definition) is 2. The Kier molecular flexibility index (Phi) is 13.7. The number of aliphatic carboxylic acids is 1. The number of carbonyl (C=O) groups excluding carboxylic acids is 2. The van der Waals surface area contributed by atoms with Crippen LogP contribution < -0.4 is 5.32 Å². The number of amides is 1. The molecule has 2 N–H and O–H groups in total. The fourth-order valence-electron chi connectivity index (χ4n) is 4.82. The number of rotatable bonds is 19. The lowest BCUT2D eigenvalue weighted by atomic mass is 9.96. The summed E-state index contributed by atoms with van der Waals surface area (Å²) >= 11 is 1.18. The Hall–Kier alpha value is -3.17. The number of benzene rings is 1. The topological polar surface area (TPSA) is 112 Å². The molecule has 0 fully saturated rings. The van der Waals surface area contributed by atoms with Gasteiger partial charge < -0.3 is 10.4 Å². The van der Waals surface area contributed by atoms with Crippen molar-refractivity contribution in [2.45, 2.75) is 84.1 Å². The SMILES string of the molecule is CCCCCCCCCCCCNC(=O)c1ccc(CN(CC(=O)O)CC2=CCC(=O)C(c3csnn3)=C2)cc1. The third kappa shape index (κ3) is 11.1. The van der Waals surface area contributed by atoms with Gasteiger partial charge in [-0.15, -0.1) is 5.10 Å². The summed E-state index contributed by atoms with van der Waals surface area (Å²) in [5.74, 6) is -1.04. The quantitative estimate of drug-likeness (QED) is 0.199. The van der Waals surface area contributed by atoms with Crippen LogP contribution in [-0.4, -0.2) is 56.9 Å². The molecule has 0 radical (unpaired) electrons. The molecule has 40 heavy (non-hydrogen) atoms. The van der Waals surface area contributed by atoms with Crippen molar-refractivity contribution in [2.75, 3.05) is 19.6 Å². The standard InChI is InChI=1S/C31H42N4O4S/c1-2-3-4-5-6-7-8-9-10-11-18-32-31(39)26-15-12-24(13-16-26)20-35(22-30(37)38)21-25-14-17-29(36)27(19-25)28-23-40-34-33-28/h12-16,19,23H,2-11,17-18,20-22H2,1H3,(H,32,39)(H,37,38). The van der Waals surface area contributed by atoms with Gasteiger partial charge in [0.15, 0.2) is 5.78 Å². The number of ketones is 1. The van der Waals surface area contributed by atoms with Gasteiger partial charge in [-0.3, -0.25) is 19.3 Å². The van der Waals surface area contributed by atoms with Crippen molar-refractivity contribution in [3.05, 3.63) is 64.2 Å². The minimum absolute atomic E-state index is 0.0248. The second kappa shape index (κ2) is 17.5. The average Bonchev–Trinajstić information content (AvgIpc) is 3.47. The molecule has 0 aliphatic heterocycles. The third-order valence-electron chi connectivity index (χ3n) is 7.02. The molecule has 1 aromatic carbocycles. The van der Waals surface area contributed by atoms with Gasteiger partial charge in [0.2, 0.25) is 0 Å². The largest absolute Gasteiger partial charge is 0.480 e. The second-order valence-electron chi connectivity index (χ2n) is 10.4. The molecule has 0 saturated carbocycles. The first-order valence-electron chi connectivity index (χ1n) is 14.5. The summed E-state index contributed by atoms with van der Waals surface area (Å²) < 4.78 is 3.84. The molecular formula is C31H42N4O4S. The maximum atomic E-state index is 12.6. The molecule has 0 bridgehead atoms. The molecular weight excluding hydrogens is 524 g/mol. The normalized spacial score (nSPS) is 13.3. The summed E-state index contributed by atoms with van der Waals surface area (Å²) in [4.78, 5) is 38.2. The Balaban J connectivity index is 1.42. The molecule has 3 rings (SSSR count). The third-order valence-corrected chi connectivity index (χ3v) is 7.52. The number of carboxylic acid groups (broad SMARTS) is 1. The van der Waals surface area contributed by atoms with E-state index in [0.717, 1.165) is 24.0 Å². The maximum absolute atomic E-state index is 12.6. The van der Waals surface area contributed by atoms with Crippen LogP contribution >= 0.6 is 11.5 Å². The van der Waals surface area contributed by atoms with Crippen molar-refractivity contribution >= 4 is 34.8 Å². The Morgan fingerprint density at radius 1 is 0.975 bits per heavy atom. The van der Waals surface area contributed by atoms with Crippen LogP contribution in [0.4, 0.5) is 0 Å². The number of unbranched alkanes of at least 4 members (excludes halogenated alkanes) is 9. The number of allylic oxidation sites excluding steroid dienone is 2. The van der Waals surface area contributed by atoms with E-state index in [9.17, 15) is 19.5 Å². The molecule has 216 valence electrons. The van der Waals surface area contributed by atoms with Gasteiger partial charge in [-0.05, 0) is 47.3 Å². The fourth-order valence-corrected chi connectivity index (χ4v) is 5.28. The highest BCUT2D eigenvalue weighted by atomic mass is 32.1. The van der Waals surface area contributed by atoms with Crippen molar-refractivity contribution in [2.24, 2.45) is 0 Å². The molecule has 0 saturated heterocycles. The minimum atomic E-state index is -0.927. The van der Waals surface area contributed by atoms with Crippen LogP contribution in [-0.2, 0) is 16.1 Å². The Morgan fingerprint density at radius 3 is 2.27 bits per heavy atom. The van der Waals surface area contributed by atoms with Crippen molar-refractivity contribution in [3.63, 3.8) is 0 Å². The van der Waals surface area contributed by atoms with Gasteiger partial charge in [0.05, 0.1) is 6.54 Å². The van der Waals surface area contributed by atoms with E-state index >= 15 is 0 Å². The zero-order valence-corrected chi connectivity index (χ0v) is 24.4. The monoisotopic (exact) mass is 566 g/mol. The van der Waals surface area contributed by atoms with E-state index < -0.39 is 5.97 Å². The summed E-state index contributed by atoms with van der Waals surface area (Å²) in [5, 5.41) is 18.2. The van der Waals surface area contributed by atoms with Crippen LogP contribution in [0.5, 0.6) is 0 Å². The number of nitrogens with one attached hydrogen (secondary N) is 1. The van der Waals surface area contributed by atoms with Crippen LogP contribution in [0.3, 0.4) is 0 Å². The molecule has 2 aromatic rings. The van der Waals surface area contributed by atoms with Gasteiger partial charge in [0.1, 0.15) is 5.69 Å². The highest BCUT2D eigenvalue weighted by molar-refractivity contribution is 7.03. The zero-order valence-electron chi connectivity index (χ0n) is 23.6. The number of Topliss-reactive ketones (excluding diaryl/α,β-unsaturated/α-hetero) is 1. The molecule has 1 amide bonds. The van der Waals surface area contributed by atoms with Crippen molar-refractivity contribution in [1.29, 1.82) is 0 Å². The van der Waals surface area contributed by atoms with E-state index in [0.29, 0.717) is 36.5 Å². The van der Waals surface area contributed by atoms with Crippen molar-refractivity contribution in [1.82, 2.24) is 19.8 Å². The first kappa shape index (κ1) is 31.4. The summed E-state index contributed by atoms with van der Waals surface area (Å²) in [6.07, 6.45) is 16.5. The first-order chi connectivity index (χ1) is 19.5. The lowest BCUT2D eigenvalue weighted by Gasteiger charge is -2.22. The molecule has 0 atom stereocenters. The van der Waals surface area contributed by atoms with Gasteiger partial charge in [-0.1, -0.05) is 87.4 Å². The van der Waals surface area contributed by atoms with Crippen LogP contribution in [0.15, 0.2) is 47.4 Å². The number of nitrogens with zero attached hydrogens (tertiary/aromatic N) is 3. The molecule has 1 heterocycles. The van der Waals surface area contributed by atoms with E-state index in [-0.39, 0.29) is 24.7 Å². The van der Waals surface area contributed by atoms with E-state index in [2.05, 4.69) is 21.8 Å². The van der Waals surface area contributed by atoms with Gasteiger partial charge in [-0.25, -0.2) is 0 Å². The van der Waals surface area contributed by atoms with Crippen molar-refractivity contribution < 1.29 is 19.5 Å². The minimum Gasteiger partial charge on any atom is -0.480 e. The van der Waals surface area contributed by atoms with Gasteiger partial charge in [0.25, 0.3) is 5.91 Å². The van der Waals surface area contributed by atoms with E-state index in [1.54, 1.807) is 28.5 Å². The maximum Gasteiger partial charge on any atom is 0.317 e.